The van der Waals surface area contributed by atoms with Crippen molar-refractivity contribution in [1.29, 1.82) is 0 Å². The van der Waals surface area contributed by atoms with E-state index in [1.165, 1.54) is 16.7 Å². The monoisotopic (exact) mass is 525 g/mol. The van der Waals surface area contributed by atoms with Crippen LogP contribution in [-0.4, -0.2) is 72.1 Å². The Morgan fingerprint density at radius 2 is 1.64 bits per heavy atom. The van der Waals surface area contributed by atoms with Crippen LogP contribution in [0.25, 0.3) is 0 Å². The molecule has 202 valence electrons. The maximum Gasteiger partial charge on any atom is 0.415 e. The molecule has 1 saturated heterocycles. The third-order valence-corrected chi connectivity index (χ3v) is 8.14. The first-order valence-corrected chi connectivity index (χ1v) is 13.9. The molecule has 39 heavy (non-hydrogen) atoms. The van der Waals surface area contributed by atoms with Crippen LogP contribution in [-0.2, 0) is 30.7 Å². The van der Waals surface area contributed by atoms with Crippen LogP contribution in [0.5, 0.6) is 5.75 Å². The van der Waals surface area contributed by atoms with Gasteiger partial charge in [-0.05, 0) is 66.3 Å². The van der Waals surface area contributed by atoms with Crippen LogP contribution >= 0.6 is 0 Å². The number of amides is 2. The highest BCUT2D eigenvalue weighted by atomic mass is 16.6. The van der Waals surface area contributed by atoms with Crippen LogP contribution in [0, 0.1) is 6.92 Å². The maximum absolute atomic E-state index is 14.0. The summed E-state index contributed by atoms with van der Waals surface area (Å²) in [7, 11) is 0. The number of nitrogens with zero attached hydrogens (tertiary/aromatic N) is 3. The molecule has 1 atom stereocenters. The summed E-state index contributed by atoms with van der Waals surface area (Å²) in [6.07, 6.45) is 1.23. The Bertz CT molecular complexity index is 1350. The van der Waals surface area contributed by atoms with Crippen molar-refractivity contribution in [1.82, 2.24) is 14.7 Å². The first kappa shape index (κ1) is 25.6. The van der Waals surface area contributed by atoms with E-state index in [1.54, 1.807) is 4.90 Å². The summed E-state index contributed by atoms with van der Waals surface area (Å²) in [6, 6.07) is 22.0. The van der Waals surface area contributed by atoms with Gasteiger partial charge in [0.2, 0.25) is 0 Å². The molecule has 3 aliphatic rings. The van der Waals surface area contributed by atoms with Crippen LogP contribution in [0.3, 0.4) is 0 Å². The van der Waals surface area contributed by atoms with E-state index in [-0.39, 0.29) is 18.0 Å². The number of aryl methyl sites for hydroxylation is 1. The first-order valence-electron chi connectivity index (χ1n) is 13.9. The van der Waals surface area contributed by atoms with Gasteiger partial charge in [-0.2, -0.15) is 0 Å². The number of hydrogen-bond donors (Lipinski definition) is 0. The van der Waals surface area contributed by atoms with Gasteiger partial charge in [-0.1, -0.05) is 48.0 Å². The number of hydrogen-bond acceptors (Lipinski definition) is 5. The van der Waals surface area contributed by atoms with E-state index >= 15 is 0 Å². The average molecular weight is 526 g/mol. The Morgan fingerprint density at radius 3 is 2.44 bits per heavy atom. The van der Waals surface area contributed by atoms with Gasteiger partial charge >= 0.3 is 6.09 Å². The van der Waals surface area contributed by atoms with Gasteiger partial charge in [-0.15, -0.1) is 0 Å². The number of rotatable bonds is 4. The van der Waals surface area contributed by atoms with Crippen LogP contribution in [0.15, 0.2) is 66.7 Å². The second kappa shape index (κ2) is 11.2. The molecule has 0 N–H and O–H groups in total. The fourth-order valence-electron chi connectivity index (χ4n) is 5.85. The molecule has 7 heteroatoms. The van der Waals surface area contributed by atoms with E-state index in [9.17, 15) is 9.59 Å². The molecule has 7 nitrogen and oxygen atoms in total. The zero-order valence-electron chi connectivity index (χ0n) is 22.5. The van der Waals surface area contributed by atoms with Gasteiger partial charge in [0.1, 0.15) is 5.75 Å². The summed E-state index contributed by atoms with van der Waals surface area (Å²) in [5, 5.41) is 0. The second-order valence-electron chi connectivity index (χ2n) is 10.8. The zero-order chi connectivity index (χ0) is 26.8. The predicted octanol–water partition coefficient (Wildman–Crippen LogP) is 4.45. The molecule has 0 spiro atoms. The lowest BCUT2D eigenvalue weighted by atomic mass is 9.92. The Hall–Kier alpha value is -3.68. The molecule has 3 aromatic carbocycles. The molecule has 0 aromatic heterocycles. The summed E-state index contributed by atoms with van der Waals surface area (Å²) in [5.74, 6) is 0.585. The van der Waals surface area contributed by atoms with Gasteiger partial charge in [0.25, 0.3) is 5.91 Å². The number of morpholine rings is 1. The first-order chi connectivity index (χ1) is 19.0. The molecule has 1 fully saturated rings. The van der Waals surface area contributed by atoms with E-state index in [2.05, 4.69) is 29.2 Å². The topological polar surface area (TPSA) is 62.3 Å². The Morgan fingerprint density at radius 1 is 0.872 bits per heavy atom. The third-order valence-electron chi connectivity index (χ3n) is 8.14. The largest absolute Gasteiger partial charge is 0.415 e. The highest BCUT2D eigenvalue weighted by Crippen LogP contribution is 2.28. The molecule has 3 aliphatic heterocycles. The number of carbonyl (C=O) groups is 2. The normalized spacial score (nSPS) is 19.3. The molecule has 0 unspecified atom stereocenters. The van der Waals surface area contributed by atoms with Crippen molar-refractivity contribution in [2.75, 3.05) is 39.4 Å². The summed E-state index contributed by atoms with van der Waals surface area (Å²) in [4.78, 5) is 33.1. The van der Waals surface area contributed by atoms with Crippen LogP contribution in [0.4, 0.5) is 4.79 Å². The molecule has 0 bridgehead atoms. The van der Waals surface area contributed by atoms with E-state index < -0.39 is 0 Å². The number of fused-ring (bicyclic) bond motifs is 2. The number of benzene rings is 3. The van der Waals surface area contributed by atoms with Crippen molar-refractivity contribution in [3.8, 4) is 5.75 Å². The molecule has 0 aliphatic carbocycles. The SMILES string of the molecule is Cc1ccc(OC(=O)N2CCc3ccc(C(=O)N4Cc5ccccc5C[C@H]4CN4CCOCC4)cc3C2)cc1. The van der Waals surface area contributed by atoms with Gasteiger partial charge in [0.05, 0.1) is 13.2 Å². The van der Waals surface area contributed by atoms with Gasteiger partial charge in [-0.25, -0.2) is 4.79 Å². The van der Waals surface area contributed by atoms with Crippen molar-refractivity contribution in [3.63, 3.8) is 0 Å². The summed E-state index contributed by atoms with van der Waals surface area (Å²) in [5.41, 5.74) is 6.52. The van der Waals surface area contributed by atoms with E-state index in [4.69, 9.17) is 9.47 Å². The highest BCUT2D eigenvalue weighted by molar-refractivity contribution is 5.95. The predicted molar refractivity (Wildman–Crippen MR) is 149 cm³/mol. The Balaban J connectivity index is 1.20. The molecule has 3 aromatic rings. The lowest BCUT2D eigenvalue weighted by Crippen LogP contribution is -2.52. The molecule has 3 heterocycles. The lowest BCUT2D eigenvalue weighted by molar-refractivity contribution is 0.0193. The van der Waals surface area contributed by atoms with Crippen LogP contribution in [0.2, 0.25) is 0 Å². The summed E-state index contributed by atoms with van der Waals surface area (Å²) >= 11 is 0. The Kier molecular flexibility index (Phi) is 7.35. The van der Waals surface area contributed by atoms with E-state index in [0.29, 0.717) is 30.9 Å². The van der Waals surface area contributed by atoms with Crippen LogP contribution in [0.1, 0.15) is 38.2 Å². The lowest BCUT2D eigenvalue weighted by Gasteiger charge is -2.40. The Labute approximate surface area is 229 Å². The highest BCUT2D eigenvalue weighted by Gasteiger charge is 2.33. The zero-order valence-corrected chi connectivity index (χ0v) is 22.5. The summed E-state index contributed by atoms with van der Waals surface area (Å²) < 4.78 is 11.2. The van der Waals surface area contributed by atoms with Crippen molar-refractivity contribution in [2.45, 2.75) is 38.9 Å². The summed E-state index contributed by atoms with van der Waals surface area (Å²) in [6.45, 7) is 7.75. The quantitative estimate of drug-likeness (QED) is 0.504. The van der Waals surface area contributed by atoms with E-state index in [1.807, 2.05) is 54.3 Å². The fourth-order valence-corrected chi connectivity index (χ4v) is 5.85. The molecular formula is C32H35N3O4. The molecule has 2 amide bonds. The molecule has 0 radical (unpaired) electrons. The third kappa shape index (κ3) is 5.70. The van der Waals surface area contributed by atoms with Crippen molar-refractivity contribution < 1.29 is 19.1 Å². The second-order valence-corrected chi connectivity index (χ2v) is 10.8. The van der Waals surface area contributed by atoms with Gasteiger partial charge in [0.15, 0.2) is 0 Å². The fraction of sp³-hybridized carbons (Fsp3) is 0.375. The van der Waals surface area contributed by atoms with E-state index in [0.717, 1.165) is 56.8 Å². The molecule has 0 saturated carbocycles. The minimum absolute atomic E-state index is 0.0462. The van der Waals surface area contributed by atoms with Crippen molar-refractivity contribution in [2.24, 2.45) is 0 Å². The van der Waals surface area contributed by atoms with Crippen molar-refractivity contribution >= 4 is 12.0 Å². The minimum atomic E-state index is -0.362. The number of ether oxygens (including phenoxy) is 2. The average Bonchev–Trinajstić information content (AvgIpc) is 2.97. The standard InChI is InChI=1S/C32H35N3O4/c1-23-6-10-30(11-7-23)39-32(37)34-13-12-24-8-9-26(18-28(24)20-34)31(36)35-21-27-5-3-2-4-25(27)19-29(35)22-33-14-16-38-17-15-33/h2-11,18,29H,12-17,19-22H2,1H3/t29-/m0/s1. The van der Waals surface area contributed by atoms with Crippen molar-refractivity contribution in [3.05, 3.63) is 100 Å². The van der Waals surface area contributed by atoms with Crippen LogP contribution < -0.4 is 4.74 Å². The smallest absolute Gasteiger partial charge is 0.410 e. The molecule has 6 rings (SSSR count). The number of carbonyl (C=O) groups excluding carboxylic acids is 2. The van der Waals surface area contributed by atoms with Gasteiger partial charge < -0.3 is 19.3 Å². The minimum Gasteiger partial charge on any atom is -0.410 e. The molecular weight excluding hydrogens is 490 g/mol. The maximum atomic E-state index is 14.0. The van der Waals surface area contributed by atoms with Gasteiger partial charge in [0, 0.05) is 50.9 Å². The van der Waals surface area contributed by atoms with Gasteiger partial charge in [-0.3, -0.25) is 9.69 Å².